The Hall–Kier alpha value is -2.66. The van der Waals surface area contributed by atoms with Crippen LogP contribution in [-0.2, 0) is 29.0 Å². The number of benzene rings is 2. The zero-order valence-electron chi connectivity index (χ0n) is 15.8. The minimum absolute atomic E-state index is 0.499. The second-order valence-electron chi connectivity index (χ2n) is 6.91. The first-order valence-corrected chi connectivity index (χ1v) is 9.63. The van der Waals surface area contributed by atoms with Crippen LogP contribution in [0.3, 0.4) is 0 Å². The zero-order chi connectivity index (χ0) is 19.1. The van der Waals surface area contributed by atoms with Crippen molar-refractivity contribution < 1.29 is 9.59 Å². The SMILES string of the molecule is CCc1ccc(NC(=O)C(=O)NCCCN2CCc3ccccc3C2)cc1. The van der Waals surface area contributed by atoms with Crippen LogP contribution in [0.15, 0.2) is 48.5 Å². The van der Waals surface area contributed by atoms with Crippen molar-refractivity contribution in [3.8, 4) is 0 Å². The molecule has 0 spiro atoms. The maximum absolute atomic E-state index is 12.0. The molecule has 5 nitrogen and oxygen atoms in total. The van der Waals surface area contributed by atoms with Gasteiger partial charge in [-0.15, -0.1) is 0 Å². The lowest BCUT2D eigenvalue weighted by Gasteiger charge is -2.28. The number of nitrogens with one attached hydrogen (secondary N) is 2. The summed E-state index contributed by atoms with van der Waals surface area (Å²) in [5.41, 5.74) is 4.66. The fourth-order valence-corrected chi connectivity index (χ4v) is 3.34. The van der Waals surface area contributed by atoms with Crippen LogP contribution in [0, 0.1) is 0 Å². The van der Waals surface area contributed by atoms with E-state index in [0.29, 0.717) is 12.2 Å². The van der Waals surface area contributed by atoms with E-state index >= 15 is 0 Å². The highest BCUT2D eigenvalue weighted by molar-refractivity contribution is 6.39. The van der Waals surface area contributed by atoms with Gasteiger partial charge in [0.1, 0.15) is 0 Å². The predicted octanol–water partition coefficient (Wildman–Crippen LogP) is 2.75. The third kappa shape index (κ3) is 5.41. The number of hydrogen-bond donors (Lipinski definition) is 2. The number of anilines is 1. The van der Waals surface area contributed by atoms with Crippen molar-refractivity contribution in [2.24, 2.45) is 0 Å². The van der Waals surface area contributed by atoms with E-state index in [2.05, 4.69) is 46.7 Å². The molecule has 0 saturated carbocycles. The molecular weight excluding hydrogens is 338 g/mol. The maximum atomic E-state index is 12.0. The van der Waals surface area contributed by atoms with Gasteiger partial charge in [-0.1, -0.05) is 43.3 Å². The number of amides is 2. The Bertz CT molecular complexity index is 786. The van der Waals surface area contributed by atoms with Gasteiger partial charge in [0, 0.05) is 31.9 Å². The monoisotopic (exact) mass is 365 g/mol. The average molecular weight is 365 g/mol. The van der Waals surface area contributed by atoms with E-state index in [1.807, 2.05) is 24.3 Å². The van der Waals surface area contributed by atoms with Crippen molar-refractivity contribution >= 4 is 17.5 Å². The van der Waals surface area contributed by atoms with E-state index in [-0.39, 0.29) is 0 Å². The molecule has 0 aromatic heterocycles. The highest BCUT2D eigenvalue weighted by Crippen LogP contribution is 2.18. The van der Waals surface area contributed by atoms with Gasteiger partial charge in [0.05, 0.1) is 0 Å². The van der Waals surface area contributed by atoms with Crippen LogP contribution in [0.2, 0.25) is 0 Å². The molecule has 3 rings (SSSR count). The molecule has 1 aliphatic heterocycles. The smallest absolute Gasteiger partial charge is 0.313 e. The number of fused-ring (bicyclic) bond motifs is 1. The third-order valence-corrected chi connectivity index (χ3v) is 4.97. The Morgan fingerprint density at radius 2 is 1.74 bits per heavy atom. The molecule has 0 aliphatic carbocycles. The van der Waals surface area contributed by atoms with Crippen molar-refractivity contribution in [3.63, 3.8) is 0 Å². The lowest BCUT2D eigenvalue weighted by Crippen LogP contribution is -2.38. The summed E-state index contributed by atoms with van der Waals surface area (Å²) in [6, 6.07) is 16.1. The normalized spacial score (nSPS) is 13.7. The average Bonchev–Trinajstić information content (AvgIpc) is 2.71. The second kappa shape index (κ2) is 9.33. The summed E-state index contributed by atoms with van der Waals surface area (Å²) >= 11 is 0. The van der Waals surface area contributed by atoms with Gasteiger partial charge < -0.3 is 10.6 Å². The summed E-state index contributed by atoms with van der Waals surface area (Å²) in [5, 5.41) is 5.34. The van der Waals surface area contributed by atoms with E-state index < -0.39 is 11.8 Å². The van der Waals surface area contributed by atoms with Crippen LogP contribution in [0.25, 0.3) is 0 Å². The molecule has 2 aromatic rings. The first-order valence-electron chi connectivity index (χ1n) is 9.63. The molecule has 0 fully saturated rings. The van der Waals surface area contributed by atoms with Crippen LogP contribution < -0.4 is 10.6 Å². The number of aryl methyl sites for hydroxylation is 1. The van der Waals surface area contributed by atoms with E-state index in [1.165, 1.54) is 16.7 Å². The quantitative estimate of drug-likeness (QED) is 0.611. The summed E-state index contributed by atoms with van der Waals surface area (Å²) in [4.78, 5) is 26.3. The van der Waals surface area contributed by atoms with Crippen LogP contribution >= 0.6 is 0 Å². The number of carbonyl (C=O) groups excluding carboxylic acids is 2. The van der Waals surface area contributed by atoms with Crippen molar-refractivity contribution in [2.75, 3.05) is 25.0 Å². The molecular formula is C22H27N3O2. The summed E-state index contributed by atoms with van der Waals surface area (Å²) in [6.45, 7) is 5.48. The molecule has 0 unspecified atom stereocenters. The fourth-order valence-electron chi connectivity index (χ4n) is 3.34. The Morgan fingerprint density at radius 3 is 2.48 bits per heavy atom. The van der Waals surface area contributed by atoms with E-state index in [1.54, 1.807) is 0 Å². The van der Waals surface area contributed by atoms with Crippen LogP contribution in [0.4, 0.5) is 5.69 Å². The van der Waals surface area contributed by atoms with Crippen molar-refractivity contribution in [1.82, 2.24) is 10.2 Å². The minimum atomic E-state index is -0.619. The van der Waals surface area contributed by atoms with Gasteiger partial charge in [-0.25, -0.2) is 0 Å². The minimum Gasteiger partial charge on any atom is -0.348 e. The van der Waals surface area contributed by atoms with E-state index in [0.717, 1.165) is 38.9 Å². The summed E-state index contributed by atoms with van der Waals surface area (Å²) < 4.78 is 0. The molecule has 2 N–H and O–H groups in total. The molecule has 1 aliphatic rings. The zero-order valence-corrected chi connectivity index (χ0v) is 15.8. The fraction of sp³-hybridized carbons (Fsp3) is 0.364. The second-order valence-corrected chi connectivity index (χ2v) is 6.91. The lowest BCUT2D eigenvalue weighted by atomic mass is 10.00. The number of hydrogen-bond acceptors (Lipinski definition) is 3. The molecule has 27 heavy (non-hydrogen) atoms. The lowest BCUT2D eigenvalue weighted by molar-refractivity contribution is -0.136. The maximum Gasteiger partial charge on any atom is 0.313 e. The molecule has 2 amide bonds. The van der Waals surface area contributed by atoms with Crippen LogP contribution in [-0.4, -0.2) is 36.3 Å². The Kier molecular flexibility index (Phi) is 6.60. The van der Waals surface area contributed by atoms with E-state index in [9.17, 15) is 9.59 Å². The van der Waals surface area contributed by atoms with Gasteiger partial charge in [-0.05, 0) is 48.1 Å². The molecule has 5 heteroatoms. The van der Waals surface area contributed by atoms with Crippen LogP contribution in [0.1, 0.15) is 30.0 Å². The molecule has 1 heterocycles. The highest BCUT2D eigenvalue weighted by atomic mass is 16.2. The molecule has 0 bridgehead atoms. The van der Waals surface area contributed by atoms with Gasteiger partial charge in [0.15, 0.2) is 0 Å². The van der Waals surface area contributed by atoms with Gasteiger partial charge in [-0.2, -0.15) is 0 Å². The van der Waals surface area contributed by atoms with Crippen molar-refractivity contribution in [1.29, 1.82) is 0 Å². The molecule has 0 radical (unpaired) electrons. The molecule has 142 valence electrons. The highest BCUT2D eigenvalue weighted by Gasteiger charge is 2.16. The van der Waals surface area contributed by atoms with Gasteiger partial charge in [-0.3, -0.25) is 14.5 Å². The first kappa shape index (κ1) is 19.1. The van der Waals surface area contributed by atoms with Crippen molar-refractivity contribution in [2.45, 2.75) is 32.7 Å². The van der Waals surface area contributed by atoms with Crippen molar-refractivity contribution in [3.05, 3.63) is 65.2 Å². The number of nitrogens with zero attached hydrogens (tertiary/aromatic N) is 1. The van der Waals surface area contributed by atoms with Gasteiger partial charge >= 0.3 is 11.8 Å². The predicted molar refractivity (Wildman–Crippen MR) is 107 cm³/mol. The summed E-state index contributed by atoms with van der Waals surface area (Å²) in [6.07, 6.45) is 2.84. The Balaban J connectivity index is 1.36. The summed E-state index contributed by atoms with van der Waals surface area (Å²) in [7, 11) is 0. The summed E-state index contributed by atoms with van der Waals surface area (Å²) in [5.74, 6) is -1.20. The van der Waals surface area contributed by atoms with E-state index in [4.69, 9.17) is 0 Å². The first-order chi connectivity index (χ1) is 13.2. The topological polar surface area (TPSA) is 61.4 Å². The van der Waals surface area contributed by atoms with Crippen LogP contribution in [0.5, 0.6) is 0 Å². The number of rotatable bonds is 6. The largest absolute Gasteiger partial charge is 0.348 e. The third-order valence-electron chi connectivity index (χ3n) is 4.97. The van der Waals surface area contributed by atoms with Gasteiger partial charge in [0.25, 0.3) is 0 Å². The molecule has 0 atom stereocenters. The number of carbonyl (C=O) groups is 2. The van der Waals surface area contributed by atoms with Gasteiger partial charge in [0.2, 0.25) is 0 Å². The Morgan fingerprint density at radius 1 is 1.00 bits per heavy atom. The standard InChI is InChI=1S/C22H27N3O2/c1-2-17-8-10-20(11-9-17)24-22(27)21(26)23-13-5-14-25-15-12-18-6-3-4-7-19(18)16-25/h3-4,6-11H,2,5,12-16H2,1H3,(H,23,26)(H,24,27). The Labute approximate surface area is 160 Å². The molecule has 0 saturated heterocycles. The molecule has 2 aromatic carbocycles.